The van der Waals surface area contributed by atoms with Gasteiger partial charge in [-0.1, -0.05) is 6.07 Å². The number of rotatable bonds is 6. The van der Waals surface area contributed by atoms with Gasteiger partial charge in [-0.3, -0.25) is 25.7 Å². The van der Waals surface area contributed by atoms with Crippen LogP contribution >= 0.6 is 0 Å². The first-order chi connectivity index (χ1) is 13.0. The van der Waals surface area contributed by atoms with Gasteiger partial charge in [0.2, 0.25) is 0 Å². The van der Waals surface area contributed by atoms with E-state index in [2.05, 4.69) is 21.5 Å². The highest BCUT2D eigenvalue weighted by atomic mass is 16.6. The van der Waals surface area contributed by atoms with Gasteiger partial charge in [0.05, 0.1) is 22.1 Å². The molecule has 1 fully saturated rings. The van der Waals surface area contributed by atoms with Crippen molar-refractivity contribution >= 4 is 29.0 Å². The van der Waals surface area contributed by atoms with Gasteiger partial charge >= 0.3 is 5.69 Å². The summed E-state index contributed by atoms with van der Waals surface area (Å²) in [5.41, 5.74) is 5.15. The minimum Gasteiger partial charge on any atom is -0.371 e. The van der Waals surface area contributed by atoms with Crippen molar-refractivity contribution in [1.29, 1.82) is 0 Å². The molecule has 1 saturated heterocycles. The third kappa shape index (κ3) is 4.20. The van der Waals surface area contributed by atoms with E-state index in [9.17, 15) is 20.2 Å². The largest absolute Gasteiger partial charge is 0.371 e. The monoisotopic (exact) mass is 369 g/mol. The molecular formula is C18H19N5O4. The molecule has 1 N–H and O–H groups in total. The lowest BCUT2D eigenvalue weighted by atomic mass is 10.1. The van der Waals surface area contributed by atoms with Crippen LogP contribution in [0.2, 0.25) is 0 Å². The fourth-order valence-electron chi connectivity index (χ4n) is 3.13. The fraction of sp³-hybridized carbons (Fsp3) is 0.278. The van der Waals surface area contributed by atoms with E-state index < -0.39 is 15.5 Å². The number of nitrogens with one attached hydrogen (secondary N) is 1. The molecule has 0 amide bonds. The smallest absolute Gasteiger partial charge is 0.301 e. The molecule has 0 aromatic heterocycles. The Kier molecular flexibility index (Phi) is 5.30. The Hall–Kier alpha value is -3.49. The summed E-state index contributed by atoms with van der Waals surface area (Å²) in [6, 6.07) is 9.37. The van der Waals surface area contributed by atoms with Crippen molar-refractivity contribution in [2.45, 2.75) is 19.8 Å². The van der Waals surface area contributed by atoms with Crippen LogP contribution < -0.4 is 10.3 Å². The molecule has 0 spiro atoms. The zero-order valence-corrected chi connectivity index (χ0v) is 14.8. The van der Waals surface area contributed by atoms with E-state index >= 15 is 0 Å². The number of aryl methyl sites for hydroxylation is 1. The number of non-ortho nitro benzene ring substituents is 1. The standard InChI is InChI=1S/C18H19N5O4/c1-13-10-14(4-7-17(13)21-8-2-3-9-21)12-19-20-16-6-5-15(22(24)25)11-18(16)23(26)27/h4-7,10-12,20H,2-3,8-9H2,1H3/b19-12+. The topological polar surface area (TPSA) is 114 Å². The van der Waals surface area contributed by atoms with Crippen LogP contribution in [0.15, 0.2) is 41.5 Å². The van der Waals surface area contributed by atoms with Crippen LogP contribution in [0, 0.1) is 27.2 Å². The number of benzene rings is 2. The van der Waals surface area contributed by atoms with Gasteiger partial charge in [0.15, 0.2) is 0 Å². The van der Waals surface area contributed by atoms with Gasteiger partial charge in [0.1, 0.15) is 5.69 Å². The quantitative estimate of drug-likeness (QED) is 0.470. The summed E-state index contributed by atoms with van der Waals surface area (Å²) < 4.78 is 0. The maximum absolute atomic E-state index is 11.1. The molecular weight excluding hydrogens is 350 g/mol. The lowest BCUT2D eigenvalue weighted by molar-refractivity contribution is -0.393. The van der Waals surface area contributed by atoms with Gasteiger partial charge in [-0.2, -0.15) is 5.10 Å². The molecule has 0 atom stereocenters. The third-order valence-electron chi connectivity index (χ3n) is 4.46. The Balaban J connectivity index is 1.74. The average molecular weight is 369 g/mol. The van der Waals surface area contributed by atoms with Gasteiger partial charge in [-0.05, 0) is 49.1 Å². The predicted octanol–water partition coefficient (Wildman–Crippen LogP) is 3.86. The number of nitrogens with zero attached hydrogens (tertiary/aromatic N) is 4. The minimum absolute atomic E-state index is 0.0901. The van der Waals surface area contributed by atoms with Gasteiger partial charge in [-0.25, -0.2) is 0 Å². The molecule has 0 saturated carbocycles. The van der Waals surface area contributed by atoms with Crippen LogP contribution in [0.25, 0.3) is 0 Å². The van der Waals surface area contributed by atoms with Crippen molar-refractivity contribution in [1.82, 2.24) is 0 Å². The van der Waals surface area contributed by atoms with Crippen LogP contribution in [0.3, 0.4) is 0 Å². The van der Waals surface area contributed by atoms with Crippen LogP contribution in [-0.2, 0) is 0 Å². The Morgan fingerprint density at radius 3 is 2.44 bits per heavy atom. The Bertz CT molecular complexity index is 907. The van der Waals surface area contributed by atoms with Crippen LogP contribution in [0.4, 0.5) is 22.7 Å². The molecule has 140 valence electrons. The maximum Gasteiger partial charge on any atom is 0.301 e. The van der Waals surface area contributed by atoms with E-state index in [0.717, 1.165) is 30.3 Å². The summed E-state index contributed by atoms with van der Waals surface area (Å²) in [6.45, 7) is 4.18. The van der Waals surface area contributed by atoms with Gasteiger partial charge < -0.3 is 4.90 Å². The van der Waals surface area contributed by atoms with E-state index in [4.69, 9.17) is 0 Å². The summed E-state index contributed by atoms with van der Waals surface area (Å²) in [5.74, 6) is 0. The van der Waals surface area contributed by atoms with E-state index in [1.54, 1.807) is 6.21 Å². The zero-order chi connectivity index (χ0) is 19.4. The van der Waals surface area contributed by atoms with E-state index in [1.165, 1.54) is 30.7 Å². The molecule has 1 aliphatic rings. The first kappa shape index (κ1) is 18.3. The van der Waals surface area contributed by atoms with Crippen LogP contribution in [0.1, 0.15) is 24.0 Å². The predicted molar refractivity (Wildman–Crippen MR) is 104 cm³/mol. The highest BCUT2D eigenvalue weighted by Gasteiger charge is 2.19. The zero-order valence-electron chi connectivity index (χ0n) is 14.8. The summed E-state index contributed by atoms with van der Waals surface area (Å²) in [7, 11) is 0. The Morgan fingerprint density at radius 2 is 1.81 bits per heavy atom. The highest BCUT2D eigenvalue weighted by molar-refractivity contribution is 5.82. The maximum atomic E-state index is 11.1. The fourth-order valence-corrected chi connectivity index (χ4v) is 3.13. The van der Waals surface area contributed by atoms with Crippen molar-refractivity contribution in [3.8, 4) is 0 Å². The highest BCUT2D eigenvalue weighted by Crippen LogP contribution is 2.29. The minimum atomic E-state index is -0.681. The molecule has 2 aromatic carbocycles. The number of hydrogen-bond donors (Lipinski definition) is 1. The molecule has 0 radical (unpaired) electrons. The first-order valence-corrected chi connectivity index (χ1v) is 8.53. The van der Waals surface area contributed by atoms with Gasteiger partial charge in [0.25, 0.3) is 5.69 Å². The van der Waals surface area contributed by atoms with E-state index in [0.29, 0.717) is 0 Å². The number of hydrogen-bond acceptors (Lipinski definition) is 7. The van der Waals surface area contributed by atoms with Crippen molar-refractivity contribution in [3.05, 3.63) is 67.8 Å². The second-order valence-corrected chi connectivity index (χ2v) is 6.33. The van der Waals surface area contributed by atoms with E-state index in [1.807, 2.05) is 19.1 Å². The number of nitro groups is 2. The molecule has 3 rings (SSSR count). The van der Waals surface area contributed by atoms with Gasteiger partial charge in [-0.15, -0.1) is 0 Å². The lowest BCUT2D eigenvalue weighted by Gasteiger charge is -2.20. The number of hydrazone groups is 1. The number of nitro benzene ring substituents is 2. The van der Waals surface area contributed by atoms with Gasteiger partial charge in [0, 0.05) is 24.8 Å². The SMILES string of the molecule is Cc1cc(/C=N/Nc2ccc([N+](=O)[O-])cc2[N+](=O)[O-])ccc1N1CCCC1. The Labute approximate surface area is 155 Å². The Morgan fingerprint density at radius 1 is 1.07 bits per heavy atom. The number of anilines is 2. The first-order valence-electron chi connectivity index (χ1n) is 8.53. The summed E-state index contributed by atoms with van der Waals surface area (Å²) in [4.78, 5) is 22.9. The average Bonchev–Trinajstić information content (AvgIpc) is 3.16. The van der Waals surface area contributed by atoms with E-state index in [-0.39, 0.29) is 11.4 Å². The van der Waals surface area contributed by atoms with Crippen LogP contribution in [-0.4, -0.2) is 29.2 Å². The molecule has 0 unspecified atom stereocenters. The third-order valence-corrected chi connectivity index (χ3v) is 4.46. The summed E-state index contributed by atoms with van der Waals surface area (Å²) >= 11 is 0. The molecule has 0 aliphatic carbocycles. The molecule has 27 heavy (non-hydrogen) atoms. The molecule has 1 heterocycles. The molecule has 1 aliphatic heterocycles. The van der Waals surface area contributed by atoms with Crippen molar-refractivity contribution in [2.75, 3.05) is 23.4 Å². The molecule has 9 nitrogen and oxygen atoms in total. The van der Waals surface area contributed by atoms with Crippen molar-refractivity contribution in [2.24, 2.45) is 5.10 Å². The second kappa shape index (κ2) is 7.81. The molecule has 9 heteroatoms. The molecule has 0 bridgehead atoms. The summed E-state index contributed by atoms with van der Waals surface area (Å²) in [6.07, 6.45) is 3.98. The second-order valence-electron chi connectivity index (χ2n) is 6.33. The normalized spacial score (nSPS) is 13.9. The lowest BCUT2D eigenvalue weighted by Crippen LogP contribution is -2.18. The van der Waals surface area contributed by atoms with Crippen LogP contribution in [0.5, 0.6) is 0 Å². The van der Waals surface area contributed by atoms with Crippen molar-refractivity contribution in [3.63, 3.8) is 0 Å². The molecule has 2 aromatic rings. The van der Waals surface area contributed by atoms with Crippen molar-refractivity contribution < 1.29 is 9.85 Å². The summed E-state index contributed by atoms with van der Waals surface area (Å²) in [5, 5.41) is 25.9.